The molecule has 2 N–H and O–H groups in total. The Hall–Kier alpha value is -1.36. The Labute approximate surface area is 101 Å². The van der Waals surface area contributed by atoms with E-state index in [1.807, 2.05) is 13.0 Å². The molecule has 0 spiro atoms. The molecule has 0 aliphatic carbocycles. The molecule has 0 aromatic carbocycles. The molecule has 1 amide bonds. The number of aromatic nitrogens is 1. The van der Waals surface area contributed by atoms with Gasteiger partial charge in [0, 0.05) is 19.0 Å². The third-order valence-corrected chi connectivity index (χ3v) is 3.26. The van der Waals surface area contributed by atoms with Crippen LogP contribution in [0.1, 0.15) is 30.7 Å². The molecule has 17 heavy (non-hydrogen) atoms. The van der Waals surface area contributed by atoms with Crippen LogP contribution in [0.25, 0.3) is 0 Å². The van der Waals surface area contributed by atoms with Crippen molar-refractivity contribution >= 4 is 5.91 Å². The van der Waals surface area contributed by atoms with E-state index in [9.17, 15) is 4.79 Å². The van der Waals surface area contributed by atoms with Gasteiger partial charge in [0.05, 0.1) is 5.69 Å². The molecule has 1 aliphatic heterocycles. The zero-order valence-corrected chi connectivity index (χ0v) is 10.2. The lowest BCUT2D eigenvalue weighted by atomic mass is 9.93. The number of carbonyl (C=O) groups is 1. The van der Waals surface area contributed by atoms with E-state index in [1.54, 1.807) is 0 Å². The van der Waals surface area contributed by atoms with Gasteiger partial charge in [-0.05, 0) is 38.8 Å². The molecule has 1 aliphatic rings. The summed E-state index contributed by atoms with van der Waals surface area (Å²) in [6, 6.07) is 1.97. The van der Waals surface area contributed by atoms with E-state index in [-0.39, 0.29) is 5.91 Å². The molecule has 2 heterocycles. The number of piperidine rings is 1. The van der Waals surface area contributed by atoms with Crippen molar-refractivity contribution in [2.24, 2.45) is 11.7 Å². The summed E-state index contributed by atoms with van der Waals surface area (Å²) in [7, 11) is 0. The normalized spacial score (nSPS) is 18.4. The van der Waals surface area contributed by atoms with Gasteiger partial charge in [0.15, 0.2) is 0 Å². The SMILES string of the molecule is Cc1cc(CN2CCC(CC(N)=O)CC2)no1. The molecule has 5 heteroatoms. The molecular weight excluding hydrogens is 218 g/mol. The van der Waals surface area contributed by atoms with Crippen molar-refractivity contribution in [3.8, 4) is 0 Å². The predicted molar refractivity (Wildman–Crippen MR) is 63.1 cm³/mol. The monoisotopic (exact) mass is 237 g/mol. The molecule has 1 aromatic rings. The number of nitrogens with two attached hydrogens (primary N) is 1. The standard InChI is InChI=1S/C12H19N3O2/c1-9-6-11(14-17-9)8-15-4-2-10(3-5-15)7-12(13)16/h6,10H,2-5,7-8H2,1H3,(H2,13,16). The number of hydrogen-bond acceptors (Lipinski definition) is 4. The highest BCUT2D eigenvalue weighted by Crippen LogP contribution is 2.21. The maximum absolute atomic E-state index is 10.8. The van der Waals surface area contributed by atoms with Gasteiger partial charge in [-0.2, -0.15) is 0 Å². The van der Waals surface area contributed by atoms with Gasteiger partial charge in [0.1, 0.15) is 5.76 Å². The summed E-state index contributed by atoms with van der Waals surface area (Å²) >= 11 is 0. The molecule has 0 radical (unpaired) electrons. The number of likely N-dealkylation sites (tertiary alicyclic amines) is 1. The fourth-order valence-corrected chi connectivity index (χ4v) is 2.35. The summed E-state index contributed by atoms with van der Waals surface area (Å²) in [5.41, 5.74) is 6.19. The summed E-state index contributed by atoms with van der Waals surface area (Å²) in [6.07, 6.45) is 2.61. The molecule has 0 unspecified atom stereocenters. The Morgan fingerprint density at radius 3 is 2.82 bits per heavy atom. The lowest BCUT2D eigenvalue weighted by Gasteiger charge is -2.30. The summed E-state index contributed by atoms with van der Waals surface area (Å²) in [5.74, 6) is 1.13. The fraction of sp³-hybridized carbons (Fsp3) is 0.667. The minimum atomic E-state index is -0.185. The number of carbonyl (C=O) groups excluding carboxylic acids is 1. The van der Waals surface area contributed by atoms with Crippen LogP contribution in [-0.2, 0) is 11.3 Å². The number of rotatable bonds is 4. The number of amides is 1. The second-order valence-corrected chi connectivity index (χ2v) is 4.82. The third kappa shape index (κ3) is 3.56. The van der Waals surface area contributed by atoms with Crippen LogP contribution in [0.2, 0.25) is 0 Å². The Kier molecular flexibility index (Phi) is 3.78. The molecule has 0 bridgehead atoms. The molecule has 0 atom stereocenters. The van der Waals surface area contributed by atoms with Gasteiger partial charge < -0.3 is 10.3 Å². The van der Waals surface area contributed by atoms with Crippen LogP contribution in [-0.4, -0.2) is 29.1 Å². The van der Waals surface area contributed by atoms with E-state index in [2.05, 4.69) is 10.1 Å². The Bertz CT molecular complexity index is 381. The third-order valence-electron chi connectivity index (χ3n) is 3.26. The van der Waals surface area contributed by atoms with Crippen molar-refractivity contribution < 1.29 is 9.32 Å². The molecule has 5 nitrogen and oxygen atoms in total. The summed E-state index contributed by atoms with van der Waals surface area (Å²) in [6.45, 7) is 4.74. The highest BCUT2D eigenvalue weighted by atomic mass is 16.5. The van der Waals surface area contributed by atoms with Crippen LogP contribution in [0.4, 0.5) is 0 Å². The van der Waals surface area contributed by atoms with E-state index in [0.717, 1.165) is 43.9 Å². The van der Waals surface area contributed by atoms with Crippen molar-refractivity contribution in [3.63, 3.8) is 0 Å². The minimum Gasteiger partial charge on any atom is -0.370 e. The maximum atomic E-state index is 10.8. The molecule has 1 fully saturated rings. The first-order chi connectivity index (χ1) is 8.13. The van der Waals surface area contributed by atoms with Gasteiger partial charge in [-0.3, -0.25) is 9.69 Å². The van der Waals surface area contributed by atoms with Gasteiger partial charge >= 0.3 is 0 Å². The average Bonchev–Trinajstić information content (AvgIpc) is 2.66. The maximum Gasteiger partial charge on any atom is 0.217 e. The lowest BCUT2D eigenvalue weighted by Crippen LogP contribution is -2.34. The van der Waals surface area contributed by atoms with E-state index in [0.29, 0.717) is 12.3 Å². The zero-order valence-electron chi connectivity index (χ0n) is 10.2. The minimum absolute atomic E-state index is 0.185. The molecular formula is C12H19N3O2. The topological polar surface area (TPSA) is 72.4 Å². The van der Waals surface area contributed by atoms with Crippen molar-refractivity contribution in [3.05, 3.63) is 17.5 Å². The first kappa shape index (κ1) is 12.1. The highest BCUT2D eigenvalue weighted by molar-refractivity contribution is 5.73. The highest BCUT2D eigenvalue weighted by Gasteiger charge is 2.21. The van der Waals surface area contributed by atoms with E-state index >= 15 is 0 Å². The van der Waals surface area contributed by atoms with Crippen molar-refractivity contribution in [1.29, 1.82) is 0 Å². The summed E-state index contributed by atoms with van der Waals surface area (Å²) in [4.78, 5) is 13.2. The van der Waals surface area contributed by atoms with Gasteiger partial charge in [-0.1, -0.05) is 5.16 Å². The largest absolute Gasteiger partial charge is 0.370 e. The van der Waals surface area contributed by atoms with Gasteiger partial charge in [-0.15, -0.1) is 0 Å². The van der Waals surface area contributed by atoms with E-state index < -0.39 is 0 Å². The Morgan fingerprint density at radius 2 is 2.29 bits per heavy atom. The van der Waals surface area contributed by atoms with Crippen LogP contribution < -0.4 is 5.73 Å². The average molecular weight is 237 g/mol. The molecule has 2 rings (SSSR count). The number of nitrogens with zero attached hydrogens (tertiary/aromatic N) is 2. The Balaban J connectivity index is 1.77. The van der Waals surface area contributed by atoms with E-state index in [4.69, 9.17) is 10.3 Å². The van der Waals surface area contributed by atoms with Crippen LogP contribution >= 0.6 is 0 Å². The van der Waals surface area contributed by atoms with Crippen molar-refractivity contribution in [2.75, 3.05) is 13.1 Å². The van der Waals surface area contributed by atoms with Crippen molar-refractivity contribution in [2.45, 2.75) is 32.7 Å². The summed E-state index contributed by atoms with van der Waals surface area (Å²) < 4.78 is 5.04. The summed E-state index contributed by atoms with van der Waals surface area (Å²) in [5, 5.41) is 3.99. The first-order valence-corrected chi connectivity index (χ1v) is 6.06. The molecule has 94 valence electrons. The smallest absolute Gasteiger partial charge is 0.217 e. The number of primary amides is 1. The predicted octanol–water partition coefficient (Wildman–Crippen LogP) is 1.07. The zero-order chi connectivity index (χ0) is 12.3. The first-order valence-electron chi connectivity index (χ1n) is 6.06. The number of aryl methyl sites for hydroxylation is 1. The van der Waals surface area contributed by atoms with Crippen LogP contribution in [0.5, 0.6) is 0 Å². The van der Waals surface area contributed by atoms with Gasteiger partial charge in [-0.25, -0.2) is 0 Å². The lowest BCUT2D eigenvalue weighted by molar-refractivity contribution is -0.119. The van der Waals surface area contributed by atoms with Crippen LogP contribution in [0.15, 0.2) is 10.6 Å². The van der Waals surface area contributed by atoms with Crippen LogP contribution in [0, 0.1) is 12.8 Å². The molecule has 0 saturated carbocycles. The Morgan fingerprint density at radius 1 is 1.59 bits per heavy atom. The van der Waals surface area contributed by atoms with Gasteiger partial charge in [0.25, 0.3) is 0 Å². The molecule has 1 aromatic heterocycles. The number of hydrogen-bond donors (Lipinski definition) is 1. The van der Waals surface area contributed by atoms with Gasteiger partial charge in [0.2, 0.25) is 5.91 Å². The van der Waals surface area contributed by atoms with Crippen molar-refractivity contribution in [1.82, 2.24) is 10.1 Å². The second-order valence-electron chi connectivity index (χ2n) is 4.82. The van der Waals surface area contributed by atoms with Crippen LogP contribution in [0.3, 0.4) is 0 Å². The second kappa shape index (κ2) is 5.31. The van der Waals surface area contributed by atoms with E-state index in [1.165, 1.54) is 0 Å². The molecule has 1 saturated heterocycles. The quantitative estimate of drug-likeness (QED) is 0.850. The fourth-order valence-electron chi connectivity index (χ4n) is 2.35.